The smallest absolute Gasteiger partial charge is 0.131 e. The molecular formula is C15H23N3O. The Morgan fingerprint density at radius 3 is 2.84 bits per heavy atom. The molecule has 1 saturated heterocycles. The Hall–Kier alpha value is -1.00. The first-order valence-corrected chi connectivity index (χ1v) is 7.49. The Balaban J connectivity index is 1.87. The highest BCUT2D eigenvalue weighted by Gasteiger charge is 2.23. The third-order valence-corrected chi connectivity index (χ3v) is 4.39. The van der Waals surface area contributed by atoms with Crippen LogP contribution in [-0.2, 0) is 11.2 Å². The van der Waals surface area contributed by atoms with Gasteiger partial charge in [0.25, 0.3) is 0 Å². The number of hydrogen-bond acceptors (Lipinski definition) is 4. The highest BCUT2D eigenvalue weighted by atomic mass is 16.5. The van der Waals surface area contributed by atoms with Gasteiger partial charge >= 0.3 is 0 Å². The third kappa shape index (κ3) is 2.79. The van der Waals surface area contributed by atoms with Crippen molar-refractivity contribution < 1.29 is 4.74 Å². The summed E-state index contributed by atoms with van der Waals surface area (Å²) in [7, 11) is 2.03. The molecule has 0 amide bonds. The van der Waals surface area contributed by atoms with Crippen LogP contribution in [0.3, 0.4) is 0 Å². The van der Waals surface area contributed by atoms with Gasteiger partial charge in [-0.25, -0.2) is 9.97 Å². The van der Waals surface area contributed by atoms with Gasteiger partial charge in [0.15, 0.2) is 0 Å². The molecule has 1 unspecified atom stereocenters. The maximum absolute atomic E-state index is 5.42. The van der Waals surface area contributed by atoms with Gasteiger partial charge in [0.05, 0.1) is 0 Å². The van der Waals surface area contributed by atoms with Gasteiger partial charge < -0.3 is 10.1 Å². The quantitative estimate of drug-likeness (QED) is 0.830. The van der Waals surface area contributed by atoms with Crippen LogP contribution in [0.4, 0.5) is 0 Å². The van der Waals surface area contributed by atoms with E-state index in [4.69, 9.17) is 9.72 Å². The lowest BCUT2D eigenvalue weighted by Crippen LogP contribution is -2.20. The molecule has 104 valence electrons. The summed E-state index contributed by atoms with van der Waals surface area (Å²) in [6.07, 6.45) is 9.02. The number of rotatable bonds is 2. The second kappa shape index (κ2) is 5.97. The maximum atomic E-state index is 5.42. The first kappa shape index (κ1) is 13.0. The first-order chi connectivity index (χ1) is 9.38. The predicted molar refractivity (Wildman–Crippen MR) is 74.2 cm³/mol. The van der Waals surface area contributed by atoms with Crippen molar-refractivity contribution in [1.82, 2.24) is 15.3 Å². The van der Waals surface area contributed by atoms with E-state index in [9.17, 15) is 0 Å². The lowest BCUT2D eigenvalue weighted by Gasteiger charge is -2.22. The largest absolute Gasteiger partial charge is 0.381 e. The topological polar surface area (TPSA) is 47.0 Å². The minimum absolute atomic E-state index is 0.432. The van der Waals surface area contributed by atoms with Crippen LogP contribution < -0.4 is 5.32 Å². The van der Waals surface area contributed by atoms with Crippen molar-refractivity contribution in [2.45, 2.75) is 50.5 Å². The summed E-state index contributed by atoms with van der Waals surface area (Å²) in [6, 6.07) is 0.432. The second-order valence-electron chi connectivity index (χ2n) is 5.60. The Labute approximate surface area is 115 Å². The monoisotopic (exact) mass is 261 g/mol. The van der Waals surface area contributed by atoms with E-state index in [1.165, 1.54) is 30.5 Å². The molecule has 4 heteroatoms. The number of aromatic nitrogens is 2. The normalized spacial score (nSPS) is 24.8. The zero-order chi connectivity index (χ0) is 13.1. The van der Waals surface area contributed by atoms with Crippen molar-refractivity contribution >= 4 is 0 Å². The third-order valence-electron chi connectivity index (χ3n) is 4.39. The Kier molecular flexibility index (Phi) is 4.09. The fraction of sp³-hybridized carbons (Fsp3) is 0.733. The average molecular weight is 261 g/mol. The molecule has 0 aromatic carbocycles. The second-order valence-corrected chi connectivity index (χ2v) is 5.60. The average Bonchev–Trinajstić information content (AvgIpc) is 2.69. The van der Waals surface area contributed by atoms with Gasteiger partial charge in [-0.2, -0.15) is 0 Å². The van der Waals surface area contributed by atoms with Gasteiger partial charge in [0.2, 0.25) is 0 Å². The molecule has 2 aliphatic rings. The molecule has 0 saturated carbocycles. The van der Waals surface area contributed by atoms with Gasteiger partial charge in [-0.15, -0.1) is 0 Å². The van der Waals surface area contributed by atoms with E-state index in [1.807, 2.05) is 7.05 Å². The Bertz CT molecular complexity index is 429. The fourth-order valence-electron chi connectivity index (χ4n) is 3.18. The number of ether oxygens (including phenoxy) is 1. The van der Waals surface area contributed by atoms with E-state index in [0.717, 1.165) is 38.3 Å². The summed E-state index contributed by atoms with van der Waals surface area (Å²) in [5.41, 5.74) is 2.59. The molecule has 3 rings (SSSR count). The van der Waals surface area contributed by atoms with Crippen molar-refractivity contribution in [3.05, 3.63) is 23.3 Å². The van der Waals surface area contributed by atoms with Crippen LogP contribution in [0, 0.1) is 0 Å². The van der Waals surface area contributed by atoms with Crippen molar-refractivity contribution in [3.63, 3.8) is 0 Å². The molecule has 2 heterocycles. The van der Waals surface area contributed by atoms with E-state index >= 15 is 0 Å². The number of aryl methyl sites for hydroxylation is 1. The van der Waals surface area contributed by atoms with E-state index in [0.29, 0.717) is 12.0 Å². The van der Waals surface area contributed by atoms with Crippen LogP contribution >= 0.6 is 0 Å². The molecule has 1 aromatic heterocycles. The number of nitrogens with zero attached hydrogens (tertiary/aromatic N) is 2. The highest BCUT2D eigenvalue weighted by molar-refractivity contribution is 5.24. The molecule has 0 spiro atoms. The minimum atomic E-state index is 0.432. The molecule has 1 atom stereocenters. The Morgan fingerprint density at radius 2 is 2.05 bits per heavy atom. The molecule has 1 aliphatic heterocycles. The van der Waals surface area contributed by atoms with E-state index in [-0.39, 0.29) is 0 Å². The number of fused-ring (bicyclic) bond motifs is 1. The van der Waals surface area contributed by atoms with Crippen molar-refractivity contribution in [2.24, 2.45) is 0 Å². The molecule has 4 nitrogen and oxygen atoms in total. The molecule has 0 bridgehead atoms. The van der Waals surface area contributed by atoms with Gasteiger partial charge in [0, 0.05) is 42.6 Å². The molecule has 0 radical (unpaired) electrons. The van der Waals surface area contributed by atoms with Crippen molar-refractivity contribution in [2.75, 3.05) is 20.3 Å². The summed E-state index contributed by atoms with van der Waals surface area (Å²) >= 11 is 0. The van der Waals surface area contributed by atoms with Crippen molar-refractivity contribution in [3.8, 4) is 0 Å². The van der Waals surface area contributed by atoms with Gasteiger partial charge in [-0.05, 0) is 39.2 Å². The van der Waals surface area contributed by atoms with Crippen LogP contribution in [-0.4, -0.2) is 30.2 Å². The summed E-state index contributed by atoms with van der Waals surface area (Å²) in [4.78, 5) is 9.54. The molecule has 1 fully saturated rings. The summed E-state index contributed by atoms with van der Waals surface area (Å²) in [5.74, 6) is 1.54. The van der Waals surface area contributed by atoms with Gasteiger partial charge in [-0.3, -0.25) is 0 Å². The van der Waals surface area contributed by atoms with Crippen LogP contribution in [0.2, 0.25) is 0 Å². The summed E-state index contributed by atoms with van der Waals surface area (Å²) in [5, 5.41) is 3.40. The van der Waals surface area contributed by atoms with Crippen LogP contribution in [0.1, 0.15) is 61.1 Å². The van der Waals surface area contributed by atoms with Gasteiger partial charge in [0.1, 0.15) is 5.82 Å². The highest BCUT2D eigenvalue weighted by Crippen LogP contribution is 2.29. The van der Waals surface area contributed by atoms with Crippen LogP contribution in [0.25, 0.3) is 0 Å². The first-order valence-electron chi connectivity index (χ1n) is 7.49. The van der Waals surface area contributed by atoms with Crippen LogP contribution in [0.15, 0.2) is 6.20 Å². The van der Waals surface area contributed by atoms with E-state index < -0.39 is 0 Å². The lowest BCUT2D eigenvalue weighted by molar-refractivity contribution is 0.0835. The predicted octanol–water partition coefficient (Wildman–Crippen LogP) is 2.36. The molecule has 1 aliphatic carbocycles. The van der Waals surface area contributed by atoms with E-state index in [1.54, 1.807) is 0 Å². The van der Waals surface area contributed by atoms with Gasteiger partial charge in [-0.1, -0.05) is 6.42 Å². The fourth-order valence-corrected chi connectivity index (χ4v) is 3.18. The molecule has 1 aromatic rings. The minimum Gasteiger partial charge on any atom is -0.381 e. The summed E-state index contributed by atoms with van der Waals surface area (Å²) in [6.45, 7) is 1.70. The van der Waals surface area contributed by atoms with E-state index in [2.05, 4.69) is 16.5 Å². The Morgan fingerprint density at radius 1 is 1.21 bits per heavy atom. The number of hydrogen-bond donors (Lipinski definition) is 1. The SMILES string of the molecule is CNC1CCCCc2nc(C3CCOCC3)ncc21. The lowest BCUT2D eigenvalue weighted by atomic mass is 9.98. The van der Waals surface area contributed by atoms with Crippen molar-refractivity contribution in [1.29, 1.82) is 0 Å². The molecule has 19 heavy (non-hydrogen) atoms. The number of nitrogens with one attached hydrogen (secondary N) is 1. The van der Waals surface area contributed by atoms with Crippen LogP contribution in [0.5, 0.6) is 0 Å². The standard InChI is InChI=1S/C15H23N3O/c1-16-13-4-2-3-5-14-12(13)10-17-15(18-14)11-6-8-19-9-7-11/h10-11,13,16H,2-9H2,1H3. The summed E-state index contributed by atoms with van der Waals surface area (Å²) < 4.78 is 5.42. The maximum Gasteiger partial charge on any atom is 0.131 e. The zero-order valence-corrected chi connectivity index (χ0v) is 11.7. The molecular weight excluding hydrogens is 238 g/mol. The molecule has 1 N–H and O–H groups in total. The zero-order valence-electron chi connectivity index (χ0n) is 11.7.